The van der Waals surface area contributed by atoms with E-state index in [1.165, 1.54) is 19.1 Å². The van der Waals surface area contributed by atoms with E-state index < -0.39 is 0 Å². The van der Waals surface area contributed by atoms with Crippen LogP contribution in [-0.4, -0.2) is 17.7 Å². The standard InChI is InChI=1S/C18H16FNO2/c1-11(21)12-5-7-13(8-6-12)18(22)20-17-10-16(17)14-3-2-4-15(19)9-14/h2-9,16-17H,10H2,1H3,(H,20,22). The first-order valence-corrected chi connectivity index (χ1v) is 7.22. The minimum Gasteiger partial charge on any atom is -0.349 e. The van der Waals surface area contributed by atoms with Gasteiger partial charge in [-0.3, -0.25) is 9.59 Å². The van der Waals surface area contributed by atoms with E-state index in [0.29, 0.717) is 11.1 Å². The second-order valence-corrected chi connectivity index (χ2v) is 5.61. The molecule has 1 saturated carbocycles. The molecule has 2 atom stereocenters. The van der Waals surface area contributed by atoms with Crippen LogP contribution in [0.1, 0.15) is 45.5 Å². The molecule has 4 heteroatoms. The van der Waals surface area contributed by atoms with Gasteiger partial charge in [0.25, 0.3) is 5.91 Å². The number of amides is 1. The maximum atomic E-state index is 13.2. The van der Waals surface area contributed by atoms with Crippen molar-refractivity contribution in [2.75, 3.05) is 0 Å². The number of hydrogen-bond acceptors (Lipinski definition) is 2. The van der Waals surface area contributed by atoms with Crippen LogP contribution in [0.25, 0.3) is 0 Å². The van der Waals surface area contributed by atoms with Gasteiger partial charge >= 0.3 is 0 Å². The Morgan fingerprint density at radius 1 is 1.09 bits per heavy atom. The predicted octanol–water partition coefficient (Wildman–Crippen LogP) is 3.31. The van der Waals surface area contributed by atoms with Gasteiger partial charge in [-0.2, -0.15) is 0 Å². The molecule has 0 heterocycles. The number of carbonyl (C=O) groups excluding carboxylic acids is 2. The fourth-order valence-corrected chi connectivity index (χ4v) is 2.57. The molecule has 0 radical (unpaired) electrons. The molecule has 0 saturated heterocycles. The van der Waals surface area contributed by atoms with Crippen LogP contribution in [0.3, 0.4) is 0 Å². The molecule has 3 nitrogen and oxygen atoms in total. The summed E-state index contributed by atoms with van der Waals surface area (Å²) in [6.45, 7) is 1.49. The van der Waals surface area contributed by atoms with Crippen LogP contribution in [0.15, 0.2) is 48.5 Å². The molecule has 2 aromatic rings. The summed E-state index contributed by atoms with van der Waals surface area (Å²) in [6, 6.07) is 13.1. The zero-order valence-corrected chi connectivity index (χ0v) is 12.2. The molecule has 1 amide bonds. The highest BCUT2D eigenvalue weighted by Gasteiger charge is 2.39. The van der Waals surface area contributed by atoms with E-state index in [-0.39, 0.29) is 29.5 Å². The average molecular weight is 297 g/mol. The molecular weight excluding hydrogens is 281 g/mol. The molecule has 22 heavy (non-hydrogen) atoms. The number of halogens is 1. The first-order valence-electron chi connectivity index (χ1n) is 7.22. The Balaban J connectivity index is 1.62. The van der Waals surface area contributed by atoms with Crippen LogP contribution in [-0.2, 0) is 0 Å². The molecule has 0 bridgehead atoms. The minimum absolute atomic E-state index is 0.0275. The summed E-state index contributed by atoms with van der Waals surface area (Å²) in [7, 11) is 0. The fourth-order valence-electron chi connectivity index (χ4n) is 2.57. The quantitative estimate of drug-likeness (QED) is 0.880. The van der Waals surface area contributed by atoms with Crippen molar-refractivity contribution in [1.29, 1.82) is 0 Å². The highest BCUT2D eigenvalue weighted by molar-refractivity contribution is 5.98. The van der Waals surface area contributed by atoms with Crippen molar-refractivity contribution in [2.45, 2.75) is 25.3 Å². The normalized spacial score (nSPS) is 19.5. The minimum atomic E-state index is -0.255. The fraction of sp³-hybridized carbons (Fsp3) is 0.222. The molecule has 1 aliphatic carbocycles. The molecule has 1 fully saturated rings. The molecular formula is C18H16FNO2. The third-order valence-corrected chi connectivity index (χ3v) is 3.94. The molecule has 2 unspecified atom stereocenters. The van der Waals surface area contributed by atoms with Gasteiger partial charge in [-0.25, -0.2) is 4.39 Å². The van der Waals surface area contributed by atoms with Crippen molar-refractivity contribution in [3.8, 4) is 0 Å². The number of benzene rings is 2. The van der Waals surface area contributed by atoms with Gasteiger partial charge in [0.2, 0.25) is 0 Å². The Hall–Kier alpha value is -2.49. The molecule has 0 aromatic heterocycles. The topological polar surface area (TPSA) is 46.2 Å². The second kappa shape index (κ2) is 5.72. The Morgan fingerprint density at radius 3 is 2.41 bits per heavy atom. The van der Waals surface area contributed by atoms with Crippen LogP contribution in [0.2, 0.25) is 0 Å². The number of carbonyl (C=O) groups is 2. The lowest BCUT2D eigenvalue weighted by Gasteiger charge is -2.06. The van der Waals surface area contributed by atoms with E-state index in [1.807, 2.05) is 6.07 Å². The monoisotopic (exact) mass is 297 g/mol. The van der Waals surface area contributed by atoms with Crippen LogP contribution in [0, 0.1) is 5.82 Å². The lowest BCUT2D eigenvalue weighted by molar-refractivity contribution is 0.0948. The van der Waals surface area contributed by atoms with Crippen LogP contribution < -0.4 is 5.32 Å². The zero-order valence-electron chi connectivity index (χ0n) is 12.2. The Bertz CT molecular complexity index is 724. The van der Waals surface area contributed by atoms with E-state index >= 15 is 0 Å². The van der Waals surface area contributed by atoms with Crippen LogP contribution in [0.5, 0.6) is 0 Å². The predicted molar refractivity (Wildman–Crippen MR) is 81.5 cm³/mol. The van der Waals surface area contributed by atoms with Crippen molar-refractivity contribution in [3.05, 3.63) is 71.0 Å². The Morgan fingerprint density at radius 2 is 1.77 bits per heavy atom. The van der Waals surface area contributed by atoms with Crippen LogP contribution in [0.4, 0.5) is 4.39 Å². The first-order chi connectivity index (χ1) is 10.5. The number of rotatable bonds is 4. The molecule has 1 N–H and O–H groups in total. The second-order valence-electron chi connectivity index (χ2n) is 5.61. The van der Waals surface area contributed by atoms with E-state index in [2.05, 4.69) is 5.32 Å². The molecule has 3 rings (SSSR count). The lowest BCUT2D eigenvalue weighted by Crippen LogP contribution is -2.26. The average Bonchev–Trinajstić information content (AvgIpc) is 3.26. The summed E-state index contributed by atoms with van der Waals surface area (Å²) in [5.74, 6) is -0.273. The van der Waals surface area contributed by atoms with Crippen molar-refractivity contribution in [3.63, 3.8) is 0 Å². The molecule has 112 valence electrons. The smallest absolute Gasteiger partial charge is 0.251 e. The first kappa shape index (κ1) is 14.4. The van der Waals surface area contributed by atoms with Gasteiger partial charge in [-0.15, -0.1) is 0 Å². The zero-order chi connectivity index (χ0) is 15.7. The summed E-state index contributed by atoms with van der Waals surface area (Å²) in [5.41, 5.74) is 2.02. The lowest BCUT2D eigenvalue weighted by atomic mass is 10.1. The van der Waals surface area contributed by atoms with E-state index in [4.69, 9.17) is 0 Å². The number of Topliss-reactive ketones (excluding diaryl/α,β-unsaturated/α-hetero) is 1. The third-order valence-electron chi connectivity index (χ3n) is 3.94. The maximum absolute atomic E-state index is 13.2. The summed E-state index contributed by atoms with van der Waals surface area (Å²) in [6.07, 6.45) is 0.820. The van der Waals surface area contributed by atoms with Gasteiger partial charge in [0.1, 0.15) is 5.82 Å². The summed E-state index contributed by atoms with van der Waals surface area (Å²) in [4.78, 5) is 23.4. The highest BCUT2D eigenvalue weighted by atomic mass is 19.1. The summed E-state index contributed by atoms with van der Waals surface area (Å²) < 4.78 is 13.2. The summed E-state index contributed by atoms with van der Waals surface area (Å²) in [5, 5.41) is 2.94. The van der Waals surface area contributed by atoms with Gasteiger partial charge in [-0.1, -0.05) is 24.3 Å². The van der Waals surface area contributed by atoms with Crippen molar-refractivity contribution in [2.24, 2.45) is 0 Å². The number of hydrogen-bond donors (Lipinski definition) is 1. The van der Waals surface area contributed by atoms with Crippen molar-refractivity contribution >= 4 is 11.7 Å². The maximum Gasteiger partial charge on any atom is 0.251 e. The van der Waals surface area contributed by atoms with Gasteiger partial charge in [0.05, 0.1) is 0 Å². The highest BCUT2D eigenvalue weighted by Crippen LogP contribution is 2.41. The van der Waals surface area contributed by atoms with E-state index in [1.54, 1.807) is 30.3 Å². The SMILES string of the molecule is CC(=O)c1ccc(C(=O)NC2CC2c2cccc(F)c2)cc1. The van der Waals surface area contributed by atoms with Gasteiger partial charge < -0.3 is 5.32 Å². The Kier molecular flexibility index (Phi) is 3.75. The largest absolute Gasteiger partial charge is 0.349 e. The van der Waals surface area contributed by atoms with Gasteiger partial charge in [0.15, 0.2) is 5.78 Å². The molecule has 1 aliphatic rings. The van der Waals surface area contributed by atoms with E-state index in [9.17, 15) is 14.0 Å². The third kappa shape index (κ3) is 3.06. The van der Waals surface area contributed by atoms with Crippen molar-refractivity contribution < 1.29 is 14.0 Å². The van der Waals surface area contributed by atoms with Gasteiger partial charge in [-0.05, 0) is 43.2 Å². The number of nitrogens with one attached hydrogen (secondary N) is 1. The summed E-state index contributed by atoms with van der Waals surface area (Å²) >= 11 is 0. The molecule has 0 aliphatic heterocycles. The van der Waals surface area contributed by atoms with Crippen molar-refractivity contribution in [1.82, 2.24) is 5.32 Å². The van der Waals surface area contributed by atoms with Crippen LogP contribution >= 0.6 is 0 Å². The Labute approximate surface area is 128 Å². The number of ketones is 1. The molecule has 2 aromatic carbocycles. The molecule has 0 spiro atoms. The van der Waals surface area contributed by atoms with E-state index in [0.717, 1.165) is 12.0 Å². The van der Waals surface area contributed by atoms with Gasteiger partial charge in [0, 0.05) is 23.1 Å².